The predicted molar refractivity (Wildman–Crippen MR) is 76.6 cm³/mol. The van der Waals surface area contributed by atoms with Gasteiger partial charge in [0, 0.05) is 18.5 Å². The van der Waals surface area contributed by atoms with Crippen LogP contribution in [0.2, 0.25) is 0 Å². The normalized spacial score (nSPS) is 11.0. The lowest BCUT2D eigenvalue weighted by atomic mass is 10.2. The molecule has 96 valence electrons. The van der Waals surface area contributed by atoms with Crippen LogP contribution in [0.3, 0.4) is 0 Å². The van der Waals surface area contributed by atoms with E-state index in [-0.39, 0.29) is 0 Å². The lowest BCUT2D eigenvalue weighted by molar-refractivity contribution is 0.111. The van der Waals surface area contributed by atoms with Crippen LogP contribution in [0.25, 0.3) is 0 Å². The fourth-order valence-electron chi connectivity index (χ4n) is 1.64. The Kier molecular flexibility index (Phi) is 8.32. The van der Waals surface area contributed by atoms with Crippen LogP contribution in [-0.2, 0) is 11.3 Å². The van der Waals surface area contributed by atoms with Gasteiger partial charge in [-0.1, -0.05) is 46.3 Å². The summed E-state index contributed by atoms with van der Waals surface area (Å²) in [7, 11) is 2.17. The Balaban J connectivity index is 1.97. The molecule has 0 radical (unpaired) electrons. The van der Waals surface area contributed by atoms with Crippen LogP contribution in [0.1, 0.15) is 18.4 Å². The third kappa shape index (κ3) is 7.53. The van der Waals surface area contributed by atoms with Crippen molar-refractivity contribution in [2.75, 3.05) is 32.1 Å². The number of hydrogen-bond acceptors (Lipinski definition) is 2. The van der Waals surface area contributed by atoms with Gasteiger partial charge in [-0.05, 0) is 32.0 Å². The van der Waals surface area contributed by atoms with Gasteiger partial charge in [0.15, 0.2) is 0 Å². The molecule has 0 N–H and O–H groups in total. The van der Waals surface area contributed by atoms with Gasteiger partial charge in [-0.15, -0.1) is 0 Å². The minimum absolute atomic E-state index is 0.728. The first-order valence-electron chi connectivity index (χ1n) is 6.19. The van der Waals surface area contributed by atoms with Gasteiger partial charge in [0.2, 0.25) is 0 Å². The van der Waals surface area contributed by atoms with Gasteiger partial charge in [-0.2, -0.15) is 0 Å². The first-order valence-corrected chi connectivity index (χ1v) is 7.31. The maximum Gasteiger partial charge on any atom is 0.0716 e. The standard InChI is InChI=1S/C14H22BrNO/c1-16(10-5-9-15)11-6-12-17-13-14-7-3-2-4-8-14/h2-4,7-8H,5-6,9-13H2,1H3. The molecule has 0 aliphatic carbocycles. The zero-order valence-corrected chi connectivity index (χ0v) is 12.2. The van der Waals surface area contributed by atoms with E-state index in [2.05, 4.69) is 40.0 Å². The Bertz CT molecular complexity index is 279. The molecule has 0 fully saturated rings. The molecule has 0 aliphatic rings. The van der Waals surface area contributed by atoms with E-state index in [4.69, 9.17) is 4.74 Å². The second-order valence-corrected chi connectivity index (χ2v) is 5.03. The van der Waals surface area contributed by atoms with E-state index in [1.807, 2.05) is 18.2 Å². The molecule has 0 amide bonds. The lowest BCUT2D eigenvalue weighted by Crippen LogP contribution is -2.22. The molecular weight excluding hydrogens is 278 g/mol. The summed E-state index contributed by atoms with van der Waals surface area (Å²) >= 11 is 3.45. The van der Waals surface area contributed by atoms with E-state index in [0.29, 0.717) is 0 Å². The molecule has 0 aliphatic heterocycles. The van der Waals surface area contributed by atoms with E-state index >= 15 is 0 Å². The molecule has 0 aromatic heterocycles. The summed E-state index contributed by atoms with van der Waals surface area (Å²) in [5, 5.41) is 1.09. The van der Waals surface area contributed by atoms with Crippen molar-refractivity contribution in [2.45, 2.75) is 19.4 Å². The summed E-state index contributed by atoms with van der Waals surface area (Å²) in [6, 6.07) is 10.3. The molecule has 2 nitrogen and oxygen atoms in total. The second kappa shape index (κ2) is 9.63. The summed E-state index contributed by atoms with van der Waals surface area (Å²) in [5.41, 5.74) is 1.25. The molecular formula is C14H22BrNO. The van der Waals surface area contributed by atoms with Crippen LogP contribution in [-0.4, -0.2) is 37.0 Å². The molecule has 1 rings (SSSR count). The third-order valence-corrected chi connectivity index (χ3v) is 3.17. The van der Waals surface area contributed by atoms with Crippen molar-refractivity contribution in [2.24, 2.45) is 0 Å². The topological polar surface area (TPSA) is 12.5 Å². The lowest BCUT2D eigenvalue weighted by Gasteiger charge is -2.15. The zero-order chi connectivity index (χ0) is 12.3. The summed E-state index contributed by atoms with van der Waals surface area (Å²) < 4.78 is 5.64. The summed E-state index contributed by atoms with van der Waals surface area (Å²) in [6.07, 6.45) is 2.31. The van der Waals surface area contributed by atoms with Gasteiger partial charge in [0.1, 0.15) is 0 Å². The Morgan fingerprint density at radius 1 is 1.12 bits per heavy atom. The molecule has 3 heteroatoms. The minimum Gasteiger partial charge on any atom is -0.377 e. The Morgan fingerprint density at radius 3 is 2.53 bits per heavy atom. The highest BCUT2D eigenvalue weighted by atomic mass is 79.9. The van der Waals surface area contributed by atoms with Crippen molar-refractivity contribution in [3.05, 3.63) is 35.9 Å². The molecule has 0 saturated heterocycles. The van der Waals surface area contributed by atoms with Gasteiger partial charge in [-0.3, -0.25) is 0 Å². The molecule has 0 heterocycles. The number of benzene rings is 1. The number of alkyl halides is 1. The molecule has 1 aromatic rings. The van der Waals surface area contributed by atoms with Gasteiger partial charge in [0.05, 0.1) is 6.61 Å². The average molecular weight is 300 g/mol. The number of nitrogens with zero attached hydrogens (tertiary/aromatic N) is 1. The average Bonchev–Trinajstić information content (AvgIpc) is 2.37. The molecule has 0 bridgehead atoms. The van der Waals surface area contributed by atoms with Crippen molar-refractivity contribution in [1.82, 2.24) is 4.90 Å². The van der Waals surface area contributed by atoms with Crippen LogP contribution >= 0.6 is 15.9 Å². The first kappa shape index (κ1) is 14.7. The number of rotatable bonds is 9. The summed E-state index contributed by atoms with van der Waals surface area (Å²) in [6.45, 7) is 3.84. The summed E-state index contributed by atoms with van der Waals surface area (Å²) in [5.74, 6) is 0. The quantitative estimate of drug-likeness (QED) is 0.512. The number of ether oxygens (including phenoxy) is 1. The van der Waals surface area contributed by atoms with Gasteiger partial charge < -0.3 is 9.64 Å². The van der Waals surface area contributed by atoms with Gasteiger partial charge in [0.25, 0.3) is 0 Å². The fourth-order valence-corrected chi connectivity index (χ4v) is 1.89. The Hall–Kier alpha value is -0.380. The Morgan fingerprint density at radius 2 is 1.82 bits per heavy atom. The second-order valence-electron chi connectivity index (χ2n) is 4.24. The maximum atomic E-state index is 5.64. The van der Waals surface area contributed by atoms with Crippen molar-refractivity contribution in [3.8, 4) is 0 Å². The van der Waals surface area contributed by atoms with Gasteiger partial charge in [-0.25, -0.2) is 0 Å². The van der Waals surface area contributed by atoms with E-state index < -0.39 is 0 Å². The predicted octanol–water partition coefficient (Wildman–Crippen LogP) is 3.31. The molecule has 0 atom stereocenters. The summed E-state index contributed by atoms with van der Waals surface area (Å²) in [4.78, 5) is 2.35. The number of halogens is 1. The first-order chi connectivity index (χ1) is 8.33. The van der Waals surface area contributed by atoms with E-state index in [1.165, 1.54) is 12.0 Å². The SMILES string of the molecule is CN(CCCBr)CCCOCc1ccccc1. The van der Waals surface area contributed by atoms with E-state index in [0.717, 1.165) is 38.1 Å². The van der Waals surface area contributed by atoms with Crippen molar-refractivity contribution >= 4 is 15.9 Å². The van der Waals surface area contributed by atoms with Gasteiger partial charge >= 0.3 is 0 Å². The van der Waals surface area contributed by atoms with Crippen LogP contribution in [0.15, 0.2) is 30.3 Å². The highest BCUT2D eigenvalue weighted by Crippen LogP contribution is 2.01. The monoisotopic (exact) mass is 299 g/mol. The smallest absolute Gasteiger partial charge is 0.0716 e. The van der Waals surface area contributed by atoms with E-state index in [1.54, 1.807) is 0 Å². The highest BCUT2D eigenvalue weighted by molar-refractivity contribution is 9.09. The minimum atomic E-state index is 0.728. The zero-order valence-electron chi connectivity index (χ0n) is 10.6. The Labute approximate surface area is 113 Å². The van der Waals surface area contributed by atoms with Crippen LogP contribution in [0, 0.1) is 0 Å². The van der Waals surface area contributed by atoms with Crippen LogP contribution in [0.4, 0.5) is 0 Å². The van der Waals surface area contributed by atoms with Crippen molar-refractivity contribution < 1.29 is 4.74 Å². The fraction of sp³-hybridized carbons (Fsp3) is 0.571. The number of hydrogen-bond donors (Lipinski definition) is 0. The molecule has 1 aromatic carbocycles. The molecule has 0 spiro atoms. The van der Waals surface area contributed by atoms with Crippen molar-refractivity contribution in [1.29, 1.82) is 0 Å². The van der Waals surface area contributed by atoms with Crippen molar-refractivity contribution in [3.63, 3.8) is 0 Å². The molecule has 0 unspecified atom stereocenters. The molecule has 0 saturated carbocycles. The van der Waals surface area contributed by atoms with E-state index in [9.17, 15) is 0 Å². The molecule has 17 heavy (non-hydrogen) atoms. The highest BCUT2D eigenvalue weighted by Gasteiger charge is 1.97. The maximum absolute atomic E-state index is 5.64. The third-order valence-electron chi connectivity index (χ3n) is 2.61. The van der Waals surface area contributed by atoms with Crippen LogP contribution < -0.4 is 0 Å². The largest absolute Gasteiger partial charge is 0.377 e. The van der Waals surface area contributed by atoms with Crippen LogP contribution in [0.5, 0.6) is 0 Å².